The molecular formula is C17H16F3NO2. The summed E-state index contributed by atoms with van der Waals surface area (Å²) in [5, 5.41) is 2.75. The molecule has 0 spiro atoms. The highest BCUT2D eigenvalue weighted by Gasteiger charge is 2.30. The molecule has 0 aliphatic heterocycles. The third-order valence-electron chi connectivity index (χ3n) is 3.44. The summed E-state index contributed by atoms with van der Waals surface area (Å²) >= 11 is 0. The van der Waals surface area contributed by atoms with Crippen molar-refractivity contribution in [2.75, 3.05) is 7.11 Å². The first-order valence-corrected chi connectivity index (χ1v) is 6.94. The van der Waals surface area contributed by atoms with Crippen LogP contribution in [0.3, 0.4) is 0 Å². The molecule has 0 aliphatic carbocycles. The van der Waals surface area contributed by atoms with Crippen LogP contribution in [0.5, 0.6) is 5.75 Å². The largest absolute Gasteiger partial charge is 0.496 e. The highest BCUT2D eigenvalue weighted by atomic mass is 19.4. The maximum Gasteiger partial charge on any atom is 0.416 e. The Morgan fingerprint density at radius 3 is 2.26 bits per heavy atom. The molecule has 2 aromatic carbocycles. The first-order valence-electron chi connectivity index (χ1n) is 6.94. The zero-order valence-electron chi connectivity index (χ0n) is 12.6. The number of hydrogen-bond acceptors (Lipinski definition) is 2. The van der Waals surface area contributed by atoms with Gasteiger partial charge in [0.2, 0.25) is 0 Å². The molecule has 0 aliphatic rings. The van der Waals surface area contributed by atoms with E-state index in [0.29, 0.717) is 16.9 Å². The van der Waals surface area contributed by atoms with Gasteiger partial charge in [-0.25, -0.2) is 0 Å². The average Bonchev–Trinajstić information content (AvgIpc) is 2.54. The standard InChI is InChI=1S/C17H16F3NO2/c1-11(12-7-9-13(10-8-12)17(18,19)20)21-16(22)14-5-3-4-6-15(14)23-2/h3-11H,1-2H3,(H,21,22)/t11-/m1/s1. The van der Waals surface area contributed by atoms with Crippen LogP contribution in [0.15, 0.2) is 48.5 Å². The van der Waals surface area contributed by atoms with Gasteiger partial charge in [-0.05, 0) is 36.8 Å². The van der Waals surface area contributed by atoms with E-state index in [-0.39, 0.29) is 5.91 Å². The van der Waals surface area contributed by atoms with Gasteiger partial charge in [0.1, 0.15) is 5.75 Å². The fraction of sp³-hybridized carbons (Fsp3) is 0.235. The van der Waals surface area contributed by atoms with Crippen molar-refractivity contribution in [3.8, 4) is 5.75 Å². The quantitative estimate of drug-likeness (QED) is 0.915. The van der Waals surface area contributed by atoms with Crippen LogP contribution in [0.2, 0.25) is 0 Å². The molecule has 1 N–H and O–H groups in total. The Bertz CT molecular complexity index is 681. The summed E-state index contributed by atoms with van der Waals surface area (Å²) in [5.74, 6) is 0.0828. The molecule has 3 nitrogen and oxygen atoms in total. The average molecular weight is 323 g/mol. The maximum absolute atomic E-state index is 12.6. The SMILES string of the molecule is COc1ccccc1C(=O)N[C@H](C)c1ccc(C(F)(F)F)cc1. The lowest BCUT2D eigenvalue weighted by Crippen LogP contribution is -2.27. The Morgan fingerprint density at radius 1 is 1.09 bits per heavy atom. The van der Waals surface area contributed by atoms with Crippen molar-refractivity contribution in [3.05, 3.63) is 65.2 Å². The molecule has 0 fully saturated rings. The number of methoxy groups -OCH3 is 1. The van der Waals surface area contributed by atoms with Crippen molar-refractivity contribution in [2.45, 2.75) is 19.1 Å². The minimum Gasteiger partial charge on any atom is -0.496 e. The predicted octanol–water partition coefficient (Wildman–Crippen LogP) is 4.21. The lowest BCUT2D eigenvalue weighted by atomic mass is 10.1. The number of amides is 1. The fourth-order valence-electron chi connectivity index (χ4n) is 2.15. The topological polar surface area (TPSA) is 38.3 Å². The van der Waals surface area contributed by atoms with Gasteiger partial charge in [-0.1, -0.05) is 24.3 Å². The third kappa shape index (κ3) is 4.03. The van der Waals surface area contributed by atoms with Crippen molar-refractivity contribution in [2.24, 2.45) is 0 Å². The van der Waals surface area contributed by atoms with Gasteiger partial charge < -0.3 is 10.1 Å². The second-order valence-corrected chi connectivity index (χ2v) is 5.02. The number of carbonyl (C=O) groups is 1. The highest BCUT2D eigenvalue weighted by Crippen LogP contribution is 2.30. The summed E-state index contributed by atoms with van der Waals surface area (Å²) in [6.45, 7) is 1.70. The van der Waals surface area contributed by atoms with Gasteiger partial charge in [-0.3, -0.25) is 4.79 Å². The smallest absolute Gasteiger partial charge is 0.416 e. The van der Waals surface area contributed by atoms with E-state index in [0.717, 1.165) is 12.1 Å². The molecule has 6 heteroatoms. The molecule has 0 saturated heterocycles. The van der Waals surface area contributed by atoms with Gasteiger partial charge in [-0.2, -0.15) is 13.2 Å². The molecule has 122 valence electrons. The second kappa shape index (κ2) is 6.73. The first-order chi connectivity index (χ1) is 10.8. The van der Waals surface area contributed by atoms with Crippen LogP contribution < -0.4 is 10.1 Å². The molecule has 1 amide bonds. The van der Waals surface area contributed by atoms with E-state index in [1.807, 2.05) is 0 Å². The van der Waals surface area contributed by atoms with E-state index in [1.165, 1.54) is 19.2 Å². The number of para-hydroxylation sites is 1. The summed E-state index contributed by atoms with van der Waals surface area (Å²) in [6.07, 6.45) is -4.37. The summed E-state index contributed by atoms with van der Waals surface area (Å²) in [4.78, 5) is 12.3. The lowest BCUT2D eigenvalue weighted by molar-refractivity contribution is -0.137. The zero-order valence-corrected chi connectivity index (χ0v) is 12.6. The fourth-order valence-corrected chi connectivity index (χ4v) is 2.15. The van der Waals surface area contributed by atoms with Crippen LogP contribution in [0.4, 0.5) is 13.2 Å². The van der Waals surface area contributed by atoms with Gasteiger partial charge in [0.05, 0.1) is 24.3 Å². The number of nitrogens with one attached hydrogen (secondary N) is 1. The lowest BCUT2D eigenvalue weighted by Gasteiger charge is -2.16. The highest BCUT2D eigenvalue weighted by molar-refractivity contribution is 5.97. The minimum absolute atomic E-state index is 0.352. The number of carbonyl (C=O) groups excluding carboxylic acids is 1. The van der Waals surface area contributed by atoms with Crippen LogP contribution >= 0.6 is 0 Å². The number of ether oxygens (including phenoxy) is 1. The van der Waals surface area contributed by atoms with E-state index in [4.69, 9.17) is 4.74 Å². The number of rotatable bonds is 4. The number of benzene rings is 2. The Hall–Kier alpha value is -2.50. The van der Waals surface area contributed by atoms with Crippen LogP contribution in [-0.2, 0) is 6.18 Å². The Morgan fingerprint density at radius 2 is 1.70 bits per heavy atom. The third-order valence-corrected chi connectivity index (χ3v) is 3.44. The van der Waals surface area contributed by atoms with Crippen molar-refractivity contribution in [1.29, 1.82) is 0 Å². The van der Waals surface area contributed by atoms with Crippen molar-refractivity contribution >= 4 is 5.91 Å². The second-order valence-electron chi connectivity index (χ2n) is 5.02. The molecular weight excluding hydrogens is 307 g/mol. The van der Waals surface area contributed by atoms with E-state index >= 15 is 0 Å². The Kier molecular flexibility index (Phi) is 4.93. The van der Waals surface area contributed by atoms with Crippen LogP contribution in [0.1, 0.15) is 34.5 Å². The Balaban J connectivity index is 2.12. The maximum atomic E-state index is 12.6. The molecule has 2 rings (SSSR count). The van der Waals surface area contributed by atoms with Crippen molar-refractivity contribution in [1.82, 2.24) is 5.32 Å². The van der Waals surface area contributed by atoms with Crippen molar-refractivity contribution in [3.63, 3.8) is 0 Å². The summed E-state index contributed by atoms with van der Waals surface area (Å²) in [5.41, 5.74) is 0.236. The molecule has 0 aromatic heterocycles. The van der Waals surface area contributed by atoms with E-state index in [1.54, 1.807) is 31.2 Å². The predicted molar refractivity (Wildman–Crippen MR) is 80.3 cm³/mol. The number of halogens is 3. The summed E-state index contributed by atoms with van der Waals surface area (Å²) in [7, 11) is 1.46. The molecule has 0 saturated carbocycles. The van der Waals surface area contributed by atoms with E-state index in [9.17, 15) is 18.0 Å². The van der Waals surface area contributed by atoms with Crippen LogP contribution in [0.25, 0.3) is 0 Å². The van der Waals surface area contributed by atoms with Gasteiger partial charge in [0, 0.05) is 0 Å². The normalized spacial score (nSPS) is 12.6. The van der Waals surface area contributed by atoms with Crippen LogP contribution in [0, 0.1) is 0 Å². The molecule has 1 atom stereocenters. The number of alkyl halides is 3. The molecule has 2 aromatic rings. The summed E-state index contributed by atoms with van der Waals surface area (Å²) < 4.78 is 42.8. The van der Waals surface area contributed by atoms with Gasteiger partial charge >= 0.3 is 6.18 Å². The Labute approximate surface area is 132 Å². The van der Waals surface area contributed by atoms with E-state index < -0.39 is 17.8 Å². The monoisotopic (exact) mass is 323 g/mol. The minimum atomic E-state index is -4.37. The van der Waals surface area contributed by atoms with Gasteiger partial charge in [0.25, 0.3) is 5.91 Å². The van der Waals surface area contributed by atoms with Gasteiger partial charge in [0.15, 0.2) is 0 Å². The molecule has 0 unspecified atom stereocenters. The van der Waals surface area contributed by atoms with Gasteiger partial charge in [-0.15, -0.1) is 0 Å². The number of hydrogen-bond donors (Lipinski definition) is 1. The molecule has 0 radical (unpaired) electrons. The zero-order chi connectivity index (χ0) is 17.0. The summed E-state index contributed by atoms with van der Waals surface area (Å²) in [6, 6.07) is 11.0. The molecule has 0 bridgehead atoms. The van der Waals surface area contributed by atoms with Crippen LogP contribution in [-0.4, -0.2) is 13.0 Å². The van der Waals surface area contributed by atoms with Crippen molar-refractivity contribution < 1.29 is 22.7 Å². The molecule has 23 heavy (non-hydrogen) atoms. The molecule has 0 heterocycles. The van der Waals surface area contributed by atoms with E-state index in [2.05, 4.69) is 5.32 Å². The first kappa shape index (κ1) is 16.9.